The number of fused-ring (bicyclic) bond motifs is 1. The lowest BCUT2D eigenvalue weighted by molar-refractivity contribution is 0.0935. The summed E-state index contributed by atoms with van der Waals surface area (Å²) < 4.78 is 1.12. The van der Waals surface area contributed by atoms with E-state index in [4.69, 9.17) is 11.6 Å². The highest BCUT2D eigenvalue weighted by molar-refractivity contribution is 14.1. The maximum atomic E-state index is 12.3. The fourth-order valence-corrected chi connectivity index (χ4v) is 4.80. The van der Waals surface area contributed by atoms with E-state index in [0.717, 1.165) is 31.2 Å². The van der Waals surface area contributed by atoms with E-state index in [2.05, 4.69) is 27.9 Å². The molecule has 1 unspecified atom stereocenters. The summed E-state index contributed by atoms with van der Waals surface area (Å²) in [6.07, 6.45) is 0.935. The number of rotatable bonds is 2. The summed E-state index contributed by atoms with van der Waals surface area (Å²) in [4.78, 5) is 13.5. The number of nitrogens with one attached hydrogen (secondary N) is 1. The maximum Gasteiger partial charge on any atom is 0.252 e. The summed E-state index contributed by atoms with van der Waals surface area (Å²) in [5, 5.41) is 5.74. The molecule has 2 aromatic rings. The Kier molecular flexibility index (Phi) is 4.59. The van der Waals surface area contributed by atoms with Crippen molar-refractivity contribution in [2.24, 2.45) is 0 Å². The van der Waals surface area contributed by atoms with E-state index in [-0.39, 0.29) is 11.9 Å². The number of benzene rings is 1. The molecule has 1 atom stereocenters. The zero-order valence-electron chi connectivity index (χ0n) is 10.4. The van der Waals surface area contributed by atoms with Gasteiger partial charge >= 0.3 is 0 Å². The summed E-state index contributed by atoms with van der Waals surface area (Å²) in [7, 11) is 0. The lowest BCUT2D eigenvalue weighted by Gasteiger charge is -2.26. The van der Waals surface area contributed by atoms with E-state index in [1.165, 1.54) is 4.90 Å². The molecular weight excluding hydrogens is 425 g/mol. The second kappa shape index (κ2) is 6.25. The van der Waals surface area contributed by atoms with Gasteiger partial charge in [0.15, 0.2) is 0 Å². The third-order valence-electron chi connectivity index (χ3n) is 3.15. The first-order chi connectivity index (χ1) is 9.63. The smallest absolute Gasteiger partial charge is 0.252 e. The van der Waals surface area contributed by atoms with Gasteiger partial charge in [0.1, 0.15) is 0 Å². The molecule has 2 nitrogen and oxygen atoms in total. The van der Waals surface area contributed by atoms with Crippen LogP contribution >= 0.6 is 57.3 Å². The van der Waals surface area contributed by atoms with Gasteiger partial charge in [-0.15, -0.1) is 23.1 Å². The number of thiophene rings is 1. The molecule has 0 aliphatic carbocycles. The molecule has 1 aliphatic rings. The monoisotopic (exact) mass is 435 g/mol. The summed E-state index contributed by atoms with van der Waals surface area (Å²) in [6.45, 7) is 0. The van der Waals surface area contributed by atoms with Crippen LogP contribution in [0.25, 0.3) is 0 Å². The van der Waals surface area contributed by atoms with Crippen molar-refractivity contribution < 1.29 is 4.79 Å². The number of amides is 1. The maximum absolute atomic E-state index is 12.3. The molecular formula is C14H11ClINOS2. The fourth-order valence-electron chi connectivity index (χ4n) is 2.19. The van der Waals surface area contributed by atoms with E-state index in [9.17, 15) is 4.79 Å². The van der Waals surface area contributed by atoms with E-state index in [1.807, 2.05) is 41.4 Å². The fraction of sp³-hybridized carbons (Fsp3) is 0.214. The topological polar surface area (TPSA) is 29.1 Å². The molecule has 1 N–H and O–H groups in total. The van der Waals surface area contributed by atoms with Crippen LogP contribution in [0.1, 0.15) is 28.4 Å². The molecule has 1 amide bonds. The minimum absolute atomic E-state index is 0.00742. The Morgan fingerprint density at radius 2 is 2.25 bits per heavy atom. The minimum atomic E-state index is -0.00742. The predicted octanol–water partition coefficient (Wildman–Crippen LogP) is 4.97. The van der Waals surface area contributed by atoms with Gasteiger partial charge in [-0.25, -0.2) is 0 Å². The highest BCUT2D eigenvalue weighted by atomic mass is 127. The Labute approximate surface area is 144 Å². The largest absolute Gasteiger partial charge is 0.345 e. The lowest BCUT2D eigenvalue weighted by Crippen LogP contribution is -2.30. The van der Waals surface area contributed by atoms with Gasteiger partial charge in [0.25, 0.3) is 5.91 Å². The average molecular weight is 436 g/mol. The quantitative estimate of drug-likeness (QED) is 0.675. The van der Waals surface area contributed by atoms with Crippen molar-refractivity contribution in [1.82, 2.24) is 5.32 Å². The second-order valence-corrected chi connectivity index (χ2v) is 8.86. The first kappa shape index (κ1) is 14.7. The van der Waals surface area contributed by atoms with Crippen LogP contribution in [0.2, 0.25) is 5.02 Å². The number of thioether (sulfide) groups is 1. The second-order valence-electron chi connectivity index (χ2n) is 4.48. The number of hydrogen-bond acceptors (Lipinski definition) is 3. The van der Waals surface area contributed by atoms with E-state index >= 15 is 0 Å². The SMILES string of the molecule is O=C(NC1CCSc2ccc(Cl)cc21)c1csc(I)c1. The highest BCUT2D eigenvalue weighted by Gasteiger charge is 2.23. The number of carbonyl (C=O) groups is 1. The molecule has 1 aliphatic heterocycles. The van der Waals surface area contributed by atoms with Gasteiger partial charge in [-0.05, 0) is 58.8 Å². The zero-order chi connectivity index (χ0) is 14.1. The third-order valence-corrected chi connectivity index (χ3v) is 6.29. The summed E-state index contributed by atoms with van der Waals surface area (Å²) >= 11 is 11.7. The van der Waals surface area contributed by atoms with Crippen LogP contribution < -0.4 is 5.32 Å². The van der Waals surface area contributed by atoms with E-state index in [1.54, 1.807) is 11.3 Å². The van der Waals surface area contributed by atoms with Crippen molar-refractivity contribution in [3.05, 3.63) is 48.7 Å². The Bertz CT molecular complexity index is 658. The Balaban J connectivity index is 1.82. The van der Waals surface area contributed by atoms with Crippen LogP contribution in [0.15, 0.2) is 34.5 Å². The van der Waals surface area contributed by atoms with Crippen LogP contribution in [-0.4, -0.2) is 11.7 Å². The molecule has 104 valence electrons. The Hall–Kier alpha value is -0.240. The Morgan fingerprint density at radius 1 is 1.40 bits per heavy atom. The molecule has 0 spiro atoms. The van der Waals surface area contributed by atoms with Crippen LogP contribution in [0, 0.1) is 2.88 Å². The van der Waals surface area contributed by atoms with Gasteiger partial charge in [-0.3, -0.25) is 4.79 Å². The number of hydrogen-bond donors (Lipinski definition) is 1. The molecule has 2 heterocycles. The summed E-state index contributed by atoms with van der Waals surface area (Å²) in [5.74, 6) is 1.01. The van der Waals surface area contributed by atoms with Crippen LogP contribution in [0.3, 0.4) is 0 Å². The third kappa shape index (κ3) is 3.16. The predicted molar refractivity (Wildman–Crippen MR) is 94.0 cm³/mol. The van der Waals surface area contributed by atoms with Crippen LogP contribution in [-0.2, 0) is 0 Å². The van der Waals surface area contributed by atoms with E-state index in [0.29, 0.717) is 0 Å². The van der Waals surface area contributed by atoms with Crippen molar-refractivity contribution >= 4 is 63.2 Å². The minimum Gasteiger partial charge on any atom is -0.345 e. The van der Waals surface area contributed by atoms with Crippen molar-refractivity contribution in [1.29, 1.82) is 0 Å². The van der Waals surface area contributed by atoms with Gasteiger partial charge < -0.3 is 5.32 Å². The molecule has 6 heteroatoms. The molecule has 0 saturated heterocycles. The molecule has 1 aromatic carbocycles. The lowest BCUT2D eigenvalue weighted by atomic mass is 10.0. The van der Waals surface area contributed by atoms with E-state index < -0.39 is 0 Å². The first-order valence-corrected chi connectivity index (χ1v) is 9.43. The molecule has 0 bridgehead atoms. The van der Waals surface area contributed by atoms with Gasteiger partial charge in [0, 0.05) is 21.1 Å². The van der Waals surface area contributed by atoms with Gasteiger partial charge in [0.05, 0.1) is 14.5 Å². The van der Waals surface area contributed by atoms with Crippen molar-refractivity contribution in [2.75, 3.05) is 5.75 Å². The summed E-state index contributed by atoms with van der Waals surface area (Å²) in [6, 6.07) is 7.87. The van der Waals surface area contributed by atoms with Crippen LogP contribution in [0.5, 0.6) is 0 Å². The molecule has 3 rings (SSSR count). The molecule has 0 saturated carbocycles. The Morgan fingerprint density at radius 3 is 3.00 bits per heavy atom. The first-order valence-electron chi connectivity index (χ1n) is 6.10. The van der Waals surface area contributed by atoms with Crippen molar-refractivity contribution in [2.45, 2.75) is 17.4 Å². The normalized spacial score (nSPS) is 17.6. The van der Waals surface area contributed by atoms with Gasteiger partial charge in [-0.1, -0.05) is 11.6 Å². The van der Waals surface area contributed by atoms with Gasteiger partial charge in [-0.2, -0.15) is 0 Å². The number of carbonyl (C=O) groups excluding carboxylic acids is 1. The van der Waals surface area contributed by atoms with Crippen LogP contribution in [0.4, 0.5) is 0 Å². The van der Waals surface area contributed by atoms with Gasteiger partial charge in [0.2, 0.25) is 0 Å². The van der Waals surface area contributed by atoms with Crippen molar-refractivity contribution in [3.63, 3.8) is 0 Å². The van der Waals surface area contributed by atoms with Crippen molar-refractivity contribution in [3.8, 4) is 0 Å². The molecule has 0 radical (unpaired) electrons. The number of halogens is 2. The highest BCUT2D eigenvalue weighted by Crippen LogP contribution is 2.37. The molecule has 0 fully saturated rings. The standard InChI is InChI=1S/C14H11ClINOS2/c15-9-1-2-12-10(6-9)11(3-4-19-12)17-14(18)8-5-13(16)20-7-8/h1-2,5-7,11H,3-4H2,(H,17,18). The summed E-state index contributed by atoms with van der Waals surface area (Å²) in [5.41, 5.74) is 1.87. The average Bonchev–Trinajstić information content (AvgIpc) is 2.86. The zero-order valence-corrected chi connectivity index (χ0v) is 14.9. The molecule has 1 aromatic heterocycles. The molecule has 20 heavy (non-hydrogen) atoms.